The van der Waals surface area contributed by atoms with Crippen LogP contribution in [0.25, 0.3) is 0 Å². The van der Waals surface area contributed by atoms with Gasteiger partial charge in [-0.1, -0.05) is 44.9 Å². The fourth-order valence-corrected chi connectivity index (χ4v) is 3.19. The molecule has 0 amide bonds. The first kappa shape index (κ1) is 13.5. The number of hydrogen-bond donors (Lipinski definition) is 1. The van der Waals surface area contributed by atoms with Gasteiger partial charge in [-0.05, 0) is 37.2 Å². The normalized spacial score (nSPS) is 29.3. The monoisotopic (exact) mass is 249 g/mol. The molecule has 0 radical (unpaired) electrons. The van der Waals surface area contributed by atoms with Crippen LogP contribution in [-0.2, 0) is 5.54 Å². The Morgan fingerprint density at radius 1 is 1.22 bits per heavy atom. The zero-order valence-corrected chi connectivity index (χ0v) is 11.5. The van der Waals surface area contributed by atoms with Crippen molar-refractivity contribution >= 4 is 0 Å². The van der Waals surface area contributed by atoms with E-state index in [9.17, 15) is 4.39 Å². The molecule has 2 unspecified atom stereocenters. The van der Waals surface area contributed by atoms with Gasteiger partial charge in [-0.25, -0.2) is 4.39 Å². The Morgan fingerprint density at radius 3 is 2.61 bits per heavy atom. The molecular weight excluding hydrogens is 225 g/mol. The third-order valence-electron chi connectivity index (χ3n) is 4.51. The molecule has 100 valence electrons. The molecule has 1 aliphatic rings. The van der Waals surface area contributed by atoms with Crippen LogP contribution in [0.5, 0.6) is 0 Å². The molecule has 0 saturated heterocycles. The molecule has 18 heavy (non-hydrogen) atoms. The maximum Gasteiger partial charge on any atom is 0.128 e. The minimum Gasteiger partial charge on any atom is -0.321 e. The van der Waals surface area contributed by atoms with Crippen LogP contribution >= 0.6 is 0 Å². The Bertz CT molecular complexity index is 402. The highest BCUT2D eigenvalue weighted by molar-refractivity contribution is 5.26. The predicted molar refractivity (Wildman–Crippen MR) is 73.7 cm³/mol. The maximum atomic E-state index is 13.9. The molecule has 2 N–H and O–H groups in total. The van der Waals surface area contributed by atoms with Gasteiger partial charge in [-0.15, -0.1) is 0 Å². The van der Waals surface area contributed by atoms with E-state index >= 15 is 0 Å². The predicted octanol–water partition coefficient (Wildman–Crippen LogP) is 4.22. The molecular formula is C16H24FN. The highest BCUT2D eigenvalue weighted by atomic mass is 19.1. The summed E-state index contributed by atoms with van der Waals surface area (Å²) < 4.78 is 13.9. The molecule has 2 rings (SSSR count). The van der Waals surface area contributed by atoms with Crippen molar-refractivity contribution in [3.63, 3.8) is 0 Å². The Hall–Kier alpha value is -0.890. The summed E-state index contributed by atoms with van der Waals surface area (Å²) in [5, 5.41) is 0. The zero-order chi connectivity index (χ0) is 13.2. The lowest BCUT2D eigenvalue weighted by Crippen LogP contribution is -2.37. The third kappa shape index (κ3) is 2.74. The van der Waals surface area contributed by atoms with Crippen LogP contribution in [0.3, 0.4) is 0 Å². The molecule has 2 heteroatoms. The van der Waals surface area contributed by atoms with Crippen molar-refractivity contribution in [1.29, 1.82) is 0 Å². The summed E-state index contributed by atoms with van der Waals surface area (Å²) in [4.78, 5) is 0. The van der Waals surface area contributed by atoms with Crippen molar-refractivity contribution in [2.75, 3.05) is 0 Å². The van der Waals surface area contributed by atoms with Gasteiger partial charge in [0, 0.05) is 11.1 Å². The summed E-state index contributed by atoms with van der Waals surface area (Å²) >= 11 is 0. The van der Waals surface area contributed by atoms with Gasteiger partial charge >= 0.3 is 0 Å². The van der Waals surface area contributed by atoms with E-state index in [0.717, 1.165) is 31.6 Å². The fraction of sp³-hybridized carbons (Fsp3) is 0.625. The maximum absolute atomic E-state index is 13.9. The van der Waals surface area contributed by atoms with Gasteiger partial charge in [-0.2, -0.15) is 0 Å². The lowest BCUT2D eigenvalue weighted by Gasteiger charge is -2.29. The molecule has 1 fully saturated rings. The molecule has 1 nitrogen and oxygen atoms in total. The lowest BCUT2D eigenvalue weighted by molar-refractivity contribution is 0.321. The van der Waals surface area contributed by atoms with Crippen LogP contribution in [0.4, 0.5) is 4.39 Å². The summed E-state index contributed by atoms with van der Waals surface area (Å²) in [6, 6.07) is 6.99. The summed E-state index contributed by atoms with van der Waals surface area (Å²) in [6.07, 6.45) is 5.25. The zero-order valence-electron chi connectivity index (χ0n) is 11.5. The topological polar surface area (TPSA) is 26.0 Å². The largest absolute Gasteiger partial charge is 0.321 e. The Kier molecular flexibility index (Phi) is 4.06. The Morgan fingerprint density at radius 2 is 1.94 bits per heavy atom. The standard InChI is InChI=1S/C16H24FN/c1-12(2)13-6-5-10-16(18,11-9-13)14-7-3-4-8-15(14)17/h3-4,7-8,12-13H,5-6,9-11,18H2,1-2H3. The fourth-order valence-electron chi connectivity index (χ4n) is 3.19. The van der Waals surface area contributed by atoms with Crippen LogP contribution in [0.15, 0.2) is 24.3 Å². The summed E-state index contributed by atoms with van der Waals surface area (Å²) in [5.41, 5.74) is 6.74. The third-order valence-corrected chi connectivity index (χ3v) is 4.51. The van der Waals surface area contributed by atoms with Crippen molar-refractivity contribution in [3.8, 4) is 0 Å². The SMILES string of the molecule is CC(C)C1CCCC(N)(c2ccccc2F)CC1. The second-order valence-electron chi connectivity index (χ2n) is 6.07. The molecule has 1 saturated carbocycles. The highest BCUT2D eigenvalue weighted by Crippen LogP contribution is 2.38. The minimum atomic E-state index is -0.463. The molecule has 0 aliphatic heterocycles. The summed E-state index contributed by atoms with van der Waals surface area (Å²) in [6.45, 7) is 4.55. The number of rotatable bonds is 2. The number of nitrogens with two attached hydrogens (primary N) is 1. The van der Waals surface area contributed by atoms with Crippen molar-refractivity contribution in [3.05, 3.63) is 35.6 Å². The van der Waals surface area contributed by atoms with Gasteiger partial charge in [0.2, 0.25) is 0 Å². The quantitative estimate of drug-likeness (QED) is 0.780. The first-order chi connectivity index (χ1) is 8.53. The Labute approximate surface area is 110 Å². The van der Waals surface area contributed by atoms with E-state index in [2.05, 4.69) is 13.8 Å². The molecule has 1 aromatic rings. The van der Waals surface area contributed by atoms with Crippen molar-refractivity contribution in [1.82, 2.24) is 0 Å². The van der Waals surface area contributed by atoms with Crippen LogP contribution < -0.4 is 5.73 Å². The summed E-state index contributed by atoms with van der Waals surface area (Å²) in [5.74, 6) is 1.29. The van der Waals surface area contributed by atoms with Gasteiger partial charge in [0.1, 0.15) is 5.82 Å². The molecule has 2 atom stereocenters. The van der Waals surface area contributed by atoms with Gasteiger partial charge in [0.15, 0.2) is 0 Å². The Balaban J connectivity index is 2.19. The van der Waals surface area contributed by atoms with Gasteiger partial charge in [-0.3, -0.25) is 0 Å². The molecule has 0 aromatic heterocycles. The van der Waals surface area contributed by atoms with Crippen LogP contribution in [0.2, 0.25) is 0 Å². The van der Waals surface area contributed by atoms with E-state index in [1.165, 1.54) is 12.5 Å². The molecule has 1 aliphatic carbocycles. The van der Waals surface area contributed by atoms with Crippen LogP contribution in [0, 0.1) is 17.7 Å². The number of halogens is 1. The second-order valence-corrected chi connectivity index (χ2v) is 6.07. The molecule has 1 aromatic carbocycles. The van der Waals surface area contributed by atoms with Gasteiger partial charge in [0.05, 0.1) is 0 Å². The van der Waals surface area contributed by atoms with E-state index in [4.69, 9.17) is 5.73 Å². The van der Waals surface area contributed by atoms with E-state index in [-0.39, 0.29) is 5.82 Å². The van der Waals surface area contributed by atoms with E-state index in [0.29, 0.717) is 11.5 Å². The van der Waals surface area contributed by atoms with Gasteiger partial charge in [0.25, 0.3) is 0 Å². The number of benzene rings is 1. The van der Waals surface area contributed by atoms with E-state index in [1.54, 1.807) is 6.07 Å². The van der Waals surface area contributed by atoms with E-state index in [1.807, 2.05) is 12.1 Å². The molecule has 0 spiro atoms. The molecule has 0 bridgehead atoms. The lowest BCUT2D eigenvalue weighted by atomic mass is 9.82. The van der Waals surface area contributed by atoms with Gasteiger partial charge < -0.3 is 5.73 Å². The number of hydrogen-bond acceptors (Lipinski definition) is 1. The molecule has 0 heterocycles. The smallest absolute Gasteiger partial charge is 0.128 e. The summed E-state index contributed by atoms with van der Waals surface area (Å²) in [7, 11) is 0. The van der Waals surface area contributed by atoms with Crippen molar-refractivity contribution in [2.45, 2.75) is 51.5 Å². The van der Waals surface area contributed by atoms with Crippen molar-refractivity contribution < 1.29 is 4.39 Å². The van der Waals surface area contributed by atoms with Crippen LogP contribution in [0.1, 0.15) is 51.5 Å². The second kappa shape index (κ2) is 5.40. The average Bonchev–Trinajstić information content (AvgIpc) is 2.52. The van der Waals surface area contributed by atoms with Crippen LogP contribution in [-0.4, -0.2) is 0 Å². The average molecular weight is 249 g/mol. The van der Waals surface area contributed by atoms with E-state index < -0.39 is 5.54 Å². The van der Waals surface area contributed by atoms with Crippen molar-refractivity contribution in [2.24, 2.45) is 17.6 Å². The highest BCUT2D eigenvalue weighted by Gasteiger charge is 2.33. The first-order valence-electron chi connectivity index (χ1n) is 7.07. The minimum absolute atomic E-state index is 0.150. The first-order valence-corrected chi connectivity index (χ1v) is 7.07.